The number of carbonyl (C=O) groups is 2. The molecule has 0 bridgehead atoms. The van der Waals surface area contributed by atoms with Crippen molar-refractivity contribution >= 4 is 34.2 Å². The monoisotopic (exact) mass is 450 g/mol. The highest BCUT2D eigenvalue weighted by molar-refractivity contribution is 6.30. The first kappa shape index (κ1) is 23.8. The van der Waals surface area contributed by atoms with Crippen LogP contribution in [-0.4, -0.2) is 29.3 Å². The second kappa shape index (κ2) is 11.7. The Morgan fingerprint density at radius 1 is 0.969 bits per heavy atom. The van der Waals surface area contributed by atoms with Crippen LogP contribution in [0.2, 0.25) is 5.02 Å². The number of carbonyl (C=O) groups excluding carboxylic acids is 2. The van der Waals surface area contributed by atoms with Crippen molar-refractivity contribution in [3.8, 4) is 0 Å². The van der Waals surface area contributed by atoms with Gasteiger partial charge in [-0.15, -0.1) is 0 Å². The molecule has 1 N–H and O–H groups in total. The van der Waals surface area contributed by atoms with Gasteiger partial charge in [0.2, 0.25) is 11.8 Å². The summed E-state index contributed by atoms with van der Waals surface area (Å²) < 4.78 is 0. The number of aryl methyl sites for hydroxylation is 1. The maximum Gasteiger partial charge on any atom is 0.242 e. The molecule has 0 spiro atoms. The molecule has 2 amide bonds. The summed E-state index contributed by atoms with van der Waals surface area (Å²) >= 11 is 6.03. The molecule has 0 saturated heterocycles. The average Bonchev–Trinajstić information content (AvgIpc) is 2.82. The maximum atomic E-state index is 13.4. The lowest BCUT2D eigenvalue weighted by molar-refractivity contribution is -0.141. The summed E-state index contributed by atoms with van der Waals surface area (Å²) in [5.74, 6) is -0.117. The predicted octanol–water partition coefficient (Wildman–Crippen LogP) is 5.76. The summed E-state index contributed by atoms with van der Waals surface area (Å²) in [5, 5.41) is 5.94. The molecule has 0 radical (unpaired) electrons. The molecule has 0 aromatic heterocycles. The van der Waals surface area contributed by atoms with Crippen LogP contribution in [0.15, 0.2) is 66.7 Å². The molecule has 5 heteroatoms. The van der Waals surface area contributed by atoms with E-state index in [2.05, 4.69) is 29.6 Å². The third-order valence-electron chi connectivity index (χ3n) is 5.69. The Kier molecular flexibility index (Phi) is 8.69. The molecule has 3 rings (SSSR count). The number of nitrogens with one attached hydrogen (secondary N) is 1. The number of nitrogens with zero attached hydrogens (tertiary/aromatic N) is 1. The molecule has 168 valence electrons. The van der Waals surface area contributed by atoms with Gasteiger partial charge in [-0.25, -0.2) is 0 Å². The van der Waals surface area contributed by atoms with Gasteiger partial charge in [0, 0.05) is 24.5 Å². The van der Waals surface area contributed by atoms with Crippen LogP contribution in [-0.2, 0) is 22.6 Å². The molecule has 1 atom stereocenters. The van der Waals surface area contributed by atoms with Gasteiger partial charge in [0.1, 0.15) is 6.04 Å². The summed E-state index contributed by atoms with van der Waals surface area (Å²) in [7, 11) is 0. The Bertz CT molecular complexity index is 1040. The summed E-state index contributed by atoms with van der Waals surface area (Å²) in [6.45, 7) is 4.95. The molecular formula is C27H31ClN2O2. The van der Waals surface area contributed by atoms with Gasteiger partial charge in [-0.1, -0.05) is 80.0 Å². The SMILES string of the molecule is CCCNC(=O)C(CC)N(Cc1ccc(Cl)cc1)C(=O)CCc1cccc2ccccc12. The summed E-state index contributed by atoms with van der Waals surface area (Å²) in [5.41, 5.74) is 2.10. The zero-order valence-corrected chi connectivity index (χ0v) is 19.6. The van der Waals surface area contributed by atoms with Crippen molar-refractivity contribution in [1.29, 1.82) is 0 Å². The lowest BCUT2D eigenvalue weighted by atomic mass is 10.00. The first-order chi connectivity index (χ1) is 15.5. The van der Waals surface area contributed by atoms with E-state index in [1.807, 2.05) is 56.3 Å². The first-order valence-corrected chi connectivity index (χ1v) is 11.7. The molecule has 4 nitrogen and oxygen atoms in total. The van der Waals surface area contributed by atoms with Crippen LogP contribution < -0.4 is 5.32 Å². The maximum absolute atomic E-state index is 13.4. The van der Waals surface area contributed by atoms with Crippen molar-refractivity contribution in [2.45, 2.75) is 52.1 Å². The number of rotatable bonds is 10. The topological polar surface area (TPSA) is 49.4 Å². The van der Waals surface area contributed by atoms with E-state index in [-0.39, 0.29) is 11.8 Å². The molecule has 0 saturated carbocycles. The zero-order chi connectivity index (χ0) is 22.9. The quantitative estimate of drug-likeness (QED) is 0.427. The van der Waals surface area contributed by atoms with Crippen LogP contribution in [0.3, 0.4) is 0 Å². The normalized spacial score (nSPS) is 11.8. The fraction of sp³-hybridized carbons (Fsp3) is 0.333. The van der Waals surface area contributed by atoms with Crippen molar-refractivity contribution in [2.24, 2.45) is 0 Å². The largest absolute Gasteiger partial charge is 0.354 e. The van der Waals surface area contributed by atoms with Crippen LogP contribution in [0.4, 0.5) is 0 Å². The Morgan fingerprint density at radius 2 is 1.69 bits per heavy atom. The molecule has 3 aromatic carbocycles. The van der Waals surface area contributed by atoms with E-state index in [0.29, 0.717) is 37.4 Å². The Labute approximate surface area is 195 Å². The minimum Gasteiger partial charge on any atom is -0.354 e. The Hall–Kier alpha value is -2.85. The Balaban J connectivity index is 1.81. The van der Waals surface area contributed by atoms with Crippen LogP contribution in [0.5, 0.6) is 0 Å². The van der Waals surface area contributed by atoms with E-state index in [9.17, 15) is 9.59 Å². The van der Waals surface area contributed by atoms with Crippen molar-refractivity contribution in [3.63, 3.8) is 0 Å². The number of fused-ring (bicyclic) bond motifs is 1. The van der Waals surface area contributed by atoms with Crippen LogP contribution in [0.1, 0.15) is 44.2 Å². The van der Waals surface area contributed by atoms with Crippen LogP contribution >= 0.6 is 11.6 Å². The lowest BCUT2D eigenvalue weighted by Gasteiger charge is -2.31. The van der Waals surface area contributed by atoms with Gasteiger partial charge in [-0.05, 0) is 53.3 Å². The number of benzene rings is 3. The van der Waals surface area contributed by atoms with Gasteiger partial charge in [0.25, 0.3) is 0 Å². The van der Waals surface area contributed by atoms with E-state index in [4.69, 9.17) is 11.6 Å². The third kappa shape index (κ3) is 6.10. The molecule has 3 aromatic rings. The van der Waals surface area contributed by atoms with Crippen molar-refractivity contribution in [2.75, 3.05) is 6.54 Å². The van der Waals surface area contributed by atoms with Gasteiger partial charge >= 0.3 is 0 Å². The first-order valence-electron chi connectivity index (χ1n) is 11.3. The lowest BCUT2D eigenvalue weighted by Crippen LogP contribution is -2.49. The molecule has 1 unspecified atom stereocenters. The second-order valence-electron chi connectivity index (χ2n) is 8.00. The van der Waals surface area contributed by atoms with E-state index in [0.717, 1.165) is 17.5 Å². The fourth-order valence-electron chi connectivity index (χ4n) is 3.97. The molecule has 0 heterocycles. The van der Waals surface area contributed by atoms with Gasteiger partial charge in [-0.3, -0.25) is 9.59 Å². The van der Waals surface area contributed by atoms with E-state index < -0.39 is 6.04 Å². The molecule has 0 aliphatic rings. The molecule has 32 heavy (non-hydrogen) atoms. The highest BCUT2D eigenvalue weighted by Gasteiger charge is 2.28. The smallest absolute Gasteiger partial charge is 0.242 e. The molecule has 0 fully saturated rings. The number of hydrogen-bond donors (Lipinski definition) is 1. The summed E-state index contributed by atoms with van der Waals surface area (Å²) in [6, 6.07) is 21.3. The standard InChI is InChI=1S/C27H31ClN2O2/c1-3-18-29-27(32)25(4-2)30(19-20-12-15-23(28)16-13-20)26(31)17-14-22-10-7-9-21-8-5-6-11-24(21)22/h5-13,15-16,25H,3-4,14,17-19H2,1-2H3,(H,29,32). The fourth-order valence-corrected chi connectivity index (χ4v) is 4.09. The van der Waals surface area contributed by atoms with Gasteiger partial charge in [-0.2, -0.15) is 0 Å². The highest BCUT2D eigenvalue weighted by atomic mass is 35.5. The number of halogens is 1. The van der Waals surface area contributed by atoms with Crippen LogP contribution in [0.25, 0.3) is 10.8 Å². The molecular weight excluding hydrogens is 420 g/mol. The highest BCUT2D eigenvalue weighted by Crippen LogP contribution is 2.21. The van der Waals surface area contributed by atoms with Crippen molar-refractivity contribution in [1.82, 2.24) is 10.2 Å². The number of amides is 2. The number of hydrogen-bond acceptors (Lipinski definition) is 2. The molecule has 0 aliphatic heterocycles. The second-order valence-corrected chi connectivity index (χ2v) is 8.44. The van der Waals surface area contributed by atoms with E-state index in [1.54, 1.807) is 4.90 Å². The van der Waals surface area contributed by atoms with Crippen molar-refractivity contribution < 1.29 is 9.59 Å². The zero-order valence-electron chi connectivity index (χ0n) is 18.8. The summed E-state index contributed by atoms with van der Waals surface area (Å²) in [4.78, 5) is 28.0. The summed E-state index contributed by atoms with van der Waals surface area (Å²) in [6.07, 6.45) is 2.39. The van der Waals surface area contributed by atoms with Gasteiger partial charge in [0.05, 0.1) is 0 Å². The minimum absolute atomic E-state index is 0.0219. The molecule has 0 aliphatic carbocycles. The van der Waals surface area contributed by atoms with Gasteiger partial charge < -0.3 is 10.2 Å². The average molecular weight is 451 g/mol. The van der Waals surface area contributed by atoms with Gasteiger partial charge in [0.15, 0.2) is 0 Å². The Morgan fingerprint density at radius 3 is 2.41 bits per heavy atom. The van der Waals surface area contributed by atoms with E-state index in [1.165, 1.54) is 10.8 Å². The van der Waals surface area contributed by atoms with Crippen LogP contribution in [0, 0.1) is 0 Å². The third-order valence-corrected chi connectivity index (χ3v) is 5.94. The minimum atomic E-state index is -0.503. The van der Waals surface area contributed by atoms with E-state index >= 15 is 0 Å². The predicted molar refractivity (Wildman–Crippen MR) is 132 cm³/mol. The van der Waals surface area contributed by atoms with Crippen molar-refractivity contribution in [3.05, 3.63) is 82.9 Å².